The summed E-state index contributed by atoms with van der Waals surface area (Å²) in [5.41, 5.74) is -0.451. The molecule has 1 aromatic rings. The van der Waals surface area contributed by atoms with Crippen LogP contribution in [-0.4, -0.2) is 41.3 Å². The summed E-state index contributed by atoms with van der Waals surface area (Å²) < 4.78 is 27.2. The zero-order valence-corrected chi connectivity index (χ0v) is 14.7. The lowest BCUT2D eigenvalue weighted by Crippen LogP contribution is -2.42. The number of carbonyl (C=O) groups is 1. The van der Waals surface area contributed by atoms with Crippen molar-refractivity contribution in [1.29, 1.82) is 0 Å². The Morgan fingerprint density at radius 2 is 1.96 bits per heavy atom. The standard InChI is InChI=1S/C14H17BrN2O5S/c15-11(10-18)9-16(12-5-1-2-6-12)23(21,22)14-8-4-3-7-13(14)17(19)20/h3-4,7-8,10-12H,1-2,5-6,9H2. The van der Waals surface area contributed by atoms with E-state index in [1.807, 2.05) is 0 Å². The van der Waals surface area contributed by atoms with Crippen molar-refractivity contribution < 1.29 is 18.1 Å². The average molecular weight is 405 g/mol. The van der Waals surface area contributed by atoms with Gasteiger partial charge in [-0.25, -0.2) is 8.42 Å². The summed E-state index contributed by atoms with van der Waals surface area (Å²) in [7, 11) is -4.06. The molecule has 0 amide bonds. The van der Waals surface area contributed by atoms with Crippen LogP contribution in [0.25, 0.3) is 0 Å². The van der Waals surface area contributed by atoms with Crippen LogP contribution < -0.4 is 0 Å². The smallest absolute Gasteiger partial charge is 0.289 e. The molecule has 1 atom stereocenters. The topological polar surface area (TPSA) is 97.6 Å². The number of alkyl halides is 1. The Balaban J connectivity index is 2.47. The summed E-state index contributed by atoms with van der Waals surface area (Å²) in [6, 6.07) is 5.05. The first-order valence-electron chi connectivity index (χ1n) is 7.22. The summed E-state index contributed by atoms with van der Waals surface area (Å²) in [6.45, 7) is -0.0391. The van der Waals surface area contributed by atoms with Gasteiger partial charge in [-0.2, -0.15) is 4.31 Å². The van der Waals surface area contributed by atoms with Crippen LogP contribution in [0.4, 0.5) is 5.69 Å². The SMILES string of the molecule is O=CC(Br)CN(C1CCCC1)S(=O)(=O)c1ccccc1[N+](=O)[O-]. The molecule has 0 saturated heterocycles. The molecule has 0 bridgehead atoms. The van der Waals surface area contributed by atoms with Gasteiger partial charge in [-0.05, 0) is 18.9 Å². The summed E-state index contributed by atoms with van der Waals surface area (Å²) in [5.74, 6) is 0. The predicted molar refractivity (Wildman–Crippen MR) is 88.0 cm³/mol. The van der Waals surface area contributed by atoms with E-state index in [0.29, 0.717) is 19.1 Å². The Labute approximate surface area is 143 Å². The number of hydrogen-bond donors (Lipinski definition) is 0. The van der Waals surface area contributed by atoms with E-state index < -0.39 is 25.5 Å². The summed E-state index contributed by atoms with van der Waals surface area (Å²) in [4.78, 5) is 20.4. The van der Waals surface area contributed by atoms with Crippen molar-refractivity contribution in [2.24, 2.45) is 0 Å². The Kier molecular flexibility index (Phi) is 5.88. The van der Waals surface area contributed by atoms with Gasteiger partial charge in [-0.3, -0.25) is 10.1 Å². The molecule has 1 aromatic carbocycles. The van der Waals surface area contributed by atoms with Crippen LogP contribution in [-0.2, 0) is 14.8 Å². The lowest BCUT2D eigenvalue weighted by Gasteiger charge is -2.28. The van der Waals surface area contributed by atoms with Crippen LogP contribution >= 0.6 is 15.9 Å². The third-order valence-electron chi connectivity index (χ3n) is 3.88. The van der Waals surface area contributed by atoms with E-state index in [1.54, 1.807) is 0 Å². The van der Waals surface area contributed by atoms with E-state index >= 15 is 0 Å². The second-order valence-electron chi connectivity index (χ2n) is 5.39. The molecule has 1 aliphatic rings. The van der Waals surface area contributed by atoms with E-state index in [4.69, 9.17) is 0 Å². The highest BCUT2D eigenvalue weighted by molar-refractivity contribution is 9.10. The van der Waals surface area contributed by atoms with E-state index in [9.17, 15) is 23.3 Å². The van der Waals surface area contributed by atoms with Crippen LogP contribution in [0.15, 0.2) is 29.2 Å². The maximum Gasteiger partial charge on any atom is 0.289 e. The van der Waals surface area contributed by atoms with Crippen LogP contribution in [0.2, 0.25) is 0 Å². The maximum atomic E-state index is 13.0. The molecule has 2 rings (SSSR count). The fourth-order valence-electron chi connectivity index (χ4n) is 2.80. The van der Waals surface area contributed by atoms with E-state index in [-0.39, 0.29) is 17.5 Å². The van der Waals surface area contributed by atoms with Crippen molar-refractivity contribution in [3.63, 3.8) is 0 Å². The zero-order valence-electron chi connectivity index (χ0n) is 12.3. The van der Waals surface area contributed by atoms with Gasteiger partial charge < -0.3 is 4.79 Å². The van der Waals surface area contributed by atoms with Gasteiger partial charge in [0.25, 0.3) is 5.69 Å². The highest BCUT2D eigenvalue weighted by Crippen LogP contribution is 2.32. The van der Waals surface area contributed by atoms with E-state index in [1.165, 1.54) is 28.6 Å². The second kappa shape index (κ2) is 7.50. The lowest BCUT2D eigenvalue weighted by atomic mass is 10.2. The molecule has 1 saturated carbocycles. The molecule has 0 aliphatic heterocycles. The third-order valence-corrected chi connectivity index (χ3v) is 6.35. The second-order valence-corrected chi connectivity index (χ2v) is 8.43. The lowest BCUT2D eigenvalue weighted by molar-refractivity contribution is -0.387. The van der Waals surface area contributed by atoms with E-state index in [0.717, 1.165) is 12.8 Å². The molecule has 23 heavy (non-hydrogen) atoms. The quantitative estimate of drug-likeness (QED) is 0.301. The van der Waals surface area contributed by atoms with Crippen LogP contribution in [0.1, 0.15) is 25.7 Å². The first kappa shape index (κ1) is 18.0. The zero-order chi connectivity index (χ0) is 17.0. The van der Waals surface area contributed by atoms with Crippen LogP contribution in [0.5, 0.6) is 0 Å². The van der Waals surface area contributed by atoms with E-state index in [2.05, 4.69) is 15.9 Å². The molecule has 1 fully saturated rings. The number of hydrogen-bond acceptors (Lipinski definition) is 5. The average Bonchev–Trinajstić information content (AvgIpc) is 3.06. The van der Waals surface area contributed by atoms with Gasteiger partial charge in [0.2, 0.25) is 10.0 Å². The van der Waals surface area contributed by atoms with Crippen molar-refractivity contribution in [2.75, 3.05) is 6.54 Å². The van der Waals surface area contributed by atoms with Crippen molar-refractivity contribution in [3.8, 4) is 0 Å². The molecule has 1 aliphatic carbocycles. The highest BCUT2D eigenvalue weighted by Gasteiger charge is 2.37. The minimum Gasteiger partial charge on any atom is -0.302 e. The number of rotatable bonds is 7. The molecule has 0 aromatic heterocycles. The Morgan fingerprint density at radius 1 is 1.35 bits per heavy atom. The first-order chi connectivity index (χ1) is 10.9. The van der Waals surface area contributed by atoms with Gasteiger partial charge in [0, 0.05) is 18.7 Å². The number of halogens is 1. The summed E-state index contributed by atoms with van der Waals surface area (Å²) in [5, 5.41) is 11.1. The van der Waals surface area contributed by atoms with Crippen LogP contribution in [0, 0.1) is 10.1 Å². The minimum atomic E-state index is -4.06. The number of nitrogens with zero attached hydrogens (tertiary/aromatic N) is 2. The molecule has 7 nitrogen and oxygen atoms in total. The van der Waals surface area contributed by atoms with Crippen molar-refractivity contribution in [3.05, 3.63) is 34.4 Å². The largest absolute Gasteiger partial charge is 0.302 e. The van der Waals surface area contributed by atoms with Gasteiger partial charge in [-0.1, -0.05) is 40.9 Å². The number of sulfonamides is 1. The van der Waals surface area contributed by atoms with Crippen molar-refractivity contribution in [1.82, 2.24) is 4.31 Å². The monoisotopic (exact) mass is 404 g/mol. The molecule has 0 heterocycles. The number of nitro groups is 1. The van der Waals surface area contributed by atoms with Crippen molar-refractivity contribution >= 4 is 37.9 Å². The Hall–Kier alpha value is -1.32. The number of para-hydroxylation sites is 1. The summed E-state index contributed by atoms with van der Waals surface area (Å²) >= 11 is 3.13. The van der Waals surface area contributed by atoms with Crippen LogP contribution in [0.3, 0.4) is 0 Å². The minimum absolute atomic E-state index is 0.0391. The molecule has 0 N–H and O–H groups in total. The number of carbonyl (C=O) groups excluding carboxylic acids is 1. The van der Waals surface area contributed by atoms with Crippen molar-refractivity contribution in [2.45, 2.75) is 41.4 Å². The van der Waals surface area contributed by atoms with Gasteiger partial charge in [0.15, 0.2) is 4.90 Å². The number of nitro benzene ring substituents is 1. The normalized spacial score (nSPS) is 17.3. The van der Waals surface area contributed by atoms with Gasteiger partial charge >= 0.3 is 0 Å². The molecular weight excluding hydrogens is 388 g/mol. The molecule has 0 radical (unpaired) electrons. The number of aldehydes is 1. The van der Waals surface area contributed by atoms with Gasteiger partial charge in [0.1, 0.15) is 6.29 Å². The summed E-state index contributed by atoms with van der Waals surface area (Å²) in [6.07, 6.45) is 3.82. The van der Waals surface area contributed by atoms with Gasteiger partial charge in [-0.15, -0.1) is 0 Å². The molecule has 0 spiro atoms. The third kappa shape index (κ3) is 3.96. The highest BCUT2D eigenvalue weighted by atomic mass is 79.9. The molecular formula is C14H17BrN2O5S. The Morgan fingerprint density at radius 3 is 2.52 bits per heavy atom. The van der Waals surface area contributed by atoms with Gasteiger partial charge in [0.05, 0.1) is 9.75 Å². The molecule has 1 unspecified atom stereocenters. The molecule has 126 valence electrons. The predicted octanol–water partition coefficient (Wildman–Crippen LogP) is 2.49. The maximum absolute atomic E-state index is 13.0. The fourth-order valence-corrected chi connectivity index (χ4v) is 5.18. The molecule has 9 heteroatoms. The number of benzene rings is 1. The first-order valence-corrected chi connectivity index (χ1v) is 9.58. The Bertz CT molecular complexity index is 688. The fraction of sp³-hybridized carbons (Fsp3) is 0.500.